The second-order valence-corrected chi connectivity index (χ2v) is 4.22. The molecular formula is C11H11N3OS. The summed E-state index contributed by atoms with van der Waals surface area (Å²) >= 11 is 1.33. The van der Waals surface area contributed by atoms with Crippen LogP contribution in [0.1, 0.15) is 21.1 Å². The molecule has 0 unspecified atom stereocenters. The first-order valence-electron chi connectivity index (χ1n) is 4.85. The van der Waals surface area contributed by atoms with Crippen molar-refractivity contribution in [3.63, 3.8) is 0 Å². The Morgan fingerprint density at radius 3 is 2.94 bits per heavy atom. The smallest absolute Gasteiger partial charge is 0.280 e. The Morgan fingerprint density at radius 2 is 2.31 bits per heavy atom. The number of carbonyl (C=O) groups is 1. The molecule has 0 fully saturated rings. The van der Waals surface area contributed by atoms with Gasteiger partial charge in [0.2, 0.25) is 0 Å². The van der Waals surface area contributed by atoms with Crippen LogP contribution in [0.4, 0.5) is 0 Å². The predicted octanol–water partition coefficient (Wildman–Crippen LogP) is 1.78. The molecule has 0 aromatic carbocycles. The number of carbonyl (C=O) groups excluding carboxylic acids is 1. The van der Waals surface area contributed by atoms with Crippen molar-refractivity contribution in [3.05, 3.63) is 46.2 Å². The molecule has 0 saturated heterocycles. The van der Waals surface area contributed by atoms with E-state index in [-0.39, 0.29) is 5.91 Å². The number of rotatable bonds is 3. The van der Waals surface area contributed by atoms with Crippen molar-refractivity contribution in [3.8, 4) is 0 Å². The molecule has 0 aliphatic heterocycles. The van der Waals surface area contributed by atoms with Crippen molar-refractivity contribution in [1.29, 1.82) is 0 Å². The number of hydrogen-bond donors (Lipinski definition) is 1. The zero-order valence-corrected chi connectivity index (χ0v) is 9.62. The monoisotopic (exact) mass is 233 g/mol. The second kappa shape index (κ2) is 4.85. The van der Waals surface area contributed by atoms with Gasteiger partial charge in [-0.3, -0.25) is 9.78 Å². The van der Waals surface area contributed by atoms with E-state index in [0.29, 0.717) is 11.6 Å². The lowest BCUT2D eigenvalue weighted by atomic mass is 10.2. The summed E-state index contributed by atoms with van der Waals surface area (Å²) in [5.41, 5.74) is 1.95. The summed E-state index contributed by atoms with van der Waals surface area (Å²) in [4.78, 5) is 19.7. The maximum absolute atomic E-state index is 11.6. The van der Waals surface area contributed by atoms with E-state index in [4.69, 9.17) is 0 Å². The van der Waals surface area contributed by atoms with Crippen molar-refractivity contribution in [1.82, 2.24) is 15.3 Å². The van der Waals surface area contributed by atoms with Crippen LogP contribution in [0, 0.1) is 6.92 Å². The van der Waals surface area contributed by atoms with Crippen molar-refractivity contribution in [2.45, 2.75) is 13.5 Å². The first kappa shape index (κ1) is 10.8. The molecule has 5 heteroatoms. The Labute approximate surface area is 97.4 Å². The average molecular weight is 233 g/mol. The van der Waals surface area contributed by atoms with Gasteiger partial charge in [-0.25, -0.2) is 4.98 Å². The zero-order chi connectivity index (χ0) is 11.4. The minimum atomic E-state index is -0.143. The lowest BCUT2D eigenvalue weighted by molar-refractivity contribution is 0.0950. The van der Waals surface area contributed by atoms with Crippen LogP contribution >= 0.6 is 11.3 Å². The van der Waals surface area contributed by atoms with Crippen LogP contribution in [0.3, 0.4) is 0 Å². The van der Waals surface area contributed by atoms with Crippen molar-refractivity contribution in [2.24, 2.45) is 0 Å². The van der Waals surface area contributed by atoms with Gasteiger partial charge in [-0.2, -0.15) is 0 Å². The fraction of sp³-hybridized carbons (Fsp3) is 0.182. The number of aryl methyl sites for hydroxylation is 1. The van der Waals surface area contributed by atoms with E-state index in [0.717, 1.165) is 11.3 Å². The maximum Gasteiger partial charge on any atom is 0.280 e. The molecule has 2 aromatic rings. The highest BCUT2D eigenvalue weighted by atomic mass is 32.1. The molecule has 2 aromatic heterocycles. The molecule has 4 nitrogen and oxygen atoms in total. The minimum Gasteiger partial charge on any atom is -0.346 e. The molecule has 0 saturated carbocycles. The molecule has 16 heavy (non-hydrogen) atoms. The number of aromatic nitrogens is 2. The molecule has 0 aliphatic rings. The Hall–Kier alpha value is -1.75. The van der Waals surface area contributed by atoms with E-state index in [1.54, 1.807) is 17.8 Å². The molecular weight excluding hydrogens is 222 g/mol. The number of nitrogens with one attached hydrogen (secondary N) is 1. The van der Waals surface area contributed by atoms with Crippen LogP contribution in [0.5, 0.6) is 0 Å². The van der Waals surface area contributed by atoms with E-state index in [9.17, 15) is 4.79 Å². The largest absolute Gasteiger partial charge is 0.346 e. The van der Waals surface area contributed by atoms with E-state index in [2.05, 4.69) is 15.3 Å². The third-order valence-corrected chi connectivity index (χ3v) is 2.82. The number of amides is 1. The van der Waals surface area contributed by atoms with E-state index in [1.807, 2.05) is 19.1 Å². The van der Waals surface area contributed by atoms with Gasteiger partial charge in [-0.05, 0) is 18.6 Å². The summed E-state index contributed by atoms with van der Waals surface area (Å²) in [5, 5.41) is 5.06. The molecule has 0 aliphatic carbocycles. The molecule has 2 rings (SSSR count). The maximum atomic E-state index is 11.6. The summed E-state index contributed by atoms with van der Waals surface area (Å²) in [6, 6.07) is 3.87. The molecule has 1 N–H and O–H groups in total. The van der Waals surface area contributed by atoms with Crippen molar-refractivity contribution >= 4 is 17.2 Å². The zero-order valence-electron chi connectivity index (χ0n) is 8.80. The quantitative estimate of drug-likeness (QED) is 0.879. The fourth-order valence-electron chi connectivity index (χ4n) is 1.20. The highest BCUT2D eigenvalue weighted by Gasteiger charge is 2.06. The second-order valence-electron chi connectivity index (χ2n) is 3.33. The highest BCUT2D eigenvalue weighted by Crippen LogP contribution is 2.04. The van der Waals surface area contributed by atoms with Gasteiger partial charge >= 0.3 is 0 Å². The summed E-state index contributed by atoms with van der Waals surface area (Å²) in [6.45, 7) is 2.41. The molecule has 82 valence electrons. The Bertz CT molecular complexity index is 464. The van der Waals surface area contributed by atoms with Gasteiger partial charge in [-0.1, -0.05) is 6.07 Å². The van der Waals surface area contributed by atoms with Crippen LogP contribution in [0.25, 0.3) is 0 Å². The lowest BCUT2D eigenvalue weighted by Crippen LogP contribution is -2.22. The summed E-state index contributed by atoms with van der Waals surface area (Å²) in [5.74, 6) is -0.143. The topological polar surface area (TPSA) is 54.9 Å². The molecule has 0 bridgehead atoms. The van der Waals surface area contributed by atoms with Crippen LogP contribution in [0.15, 0.2) is 29.9 Å². The lowest BCUT2D eigenvalue weighted by Gasteiger charge is -2.02. The van der Waals surface area contributed by atoms with E-state index in [1.165, 1.54) is 11.3 Å². The predicted molar refractivity (Wildman–Crippen MR) is 62.3 cm³/mol. The van der Waals surface area contributed by atoms with E-state index >= 15 is 0 Å². The Balaban J connectivity index is 1.93. The van der Waals surface area contributed by atoms with Crippen LogP contribution in [-0.4, -0.2) is 15.9 Å². The van der Waals surface area contributed by atoms with Gasteiger partial charge in [-0.15, -0.1) is 11.3 Å². The van der Waals surface area contributed by atoms with Gasteiger partial charge in [0.15, 0.2) is 5.01 Å². The van der Waals surface area contributed by atoms with Crippen LogP contribution < -0.4 is 5.32 Å². The standard InChI is InChI=1S/C11H11N3OS/c1-8-2-3-9(6-13-8)7-14-10(15)11-12-4-5-16-11/h2-6H,7H2,1H3,(H,14,15). The third-order valence-electron chi connectivity index (χ3n) is 2.05. The molecule has 0 radical (unpaired) electrons. The van der Waals surface area contributed by atoms with Gasteiger partial charge in [0, 0.05) is 30.0 Å². The Morgan fingerprint density at radius 1 is 1.44 bits per heavy atom. The van der Waals surface area contributed by atoms with Crippen LogP contribution in [-0.2, 0) is 6.54 Å². The van der Waals surface area contributed by atoms with Crippen molar-refractivity contribution in [2.75, 3.05) is 0 Å². The van der Waals surface area contributed by atoms with Gasteiger partial charge < -0.3 is 5.32 Å². The number of hydrogen-bond acceptors (Lipinski definition) is 4. The summed E-state index contributed by atoms with van der Waals surface area (Å²) in [7, 11) is 0. The number of pyridine rings is 1. The normalized spacial score (nSPS) is 10.1. The Kier molecular flexibility index (Phi) is 3.26. The molecule has 0 atom stereocenters. The van der Waals surface area contributed by atoms with Gasteiger partial charge in [0.1, 0.15) is 0 Å². The molecule has 2 heterocycles. The summed E-state index contributed by atoms with van der Waals surface area (Å²) in [6.07, 6.45) is 3.38. The third kappa shape index (κ3) is 2.64. The molecule has 0 spiro atoms. The minimum absolute atomic E-state index is 0.143. The summed E-state index contributed by atoms with van der Waals surface area (Å²) < 4.78 is 0. The van der Waals surface area contributed by atoms with Gasteiger partial charge in [0.05, 0.1) is 0 Å². The number of nitrogens with zero attached hydrogens (tertiary/aromatic N) is 2. The first-order valence-corrected chi connectivity index (χ1v) is 5.73. The number of thiazole rings is 1. The van der Waals surface area contributed by atoms with Gasteiger partial charge in [0.25, 0.3) is 5.91 Å². The first-order chi connectivity index (χ1) is 7.75. The van der Waals surface area contributed by atoms with Crippen molar-refractivity contribution < 1.29 is 4.79 Å². The van der Waals surface area contributed by atoms with Crippen LogP contribution in [0.2, 0.25) is 0 Å². The SMILES string of the molecule is Cc1ccc(CNC(=O)c2nccs2)cn1. The highest BCUT2D eigenvalue weighted by molar-refractivity contribution is 7.11. The van der Waals surface area contributed by atoms with E-state index < -0.39 is 0 Å². The average Bonchev–Trinajstić information content (AvgIpc) is 2.81. The fourth-order valence-corrected chi connectivity index (χ4v) is 1.75. The molecule has 1 amide bonds.